The van der Waals surface area contributed by atoms with Crippen LogP contribution in [-0.2, 0) is 11.2 Å². The van der Waals surface area contributed by atoms with Crippen LogP contribution >= 0.6 is 23.2 Å². The topological polar surface area (TPSA) is 107 Å². The molecule has 1 amide bonds. The maximum Gasteiger partial charge on any atom is 0.251 e. The quantitative estimate of drug-likeness (QED) is 0.186. The molecule has 45 heavy (non-hydrogen) atoms. The van der Waals surface area contributed by atoms with Crippen LogP contribution < -0.4 is 15.8 Å². The van der Waals surface area contributed by atoms with Crippen LogP contribution in [0.2, 0.25) is 10.0 Å². The molecule has 2 aromatic heterocycles. The van der Waals surface area contributed by atoms with E-state index < -0.39 is 16.7 Å². The lowest BCUT2D eigenvalue weighted by molar-refractivity contribution is -0.0980. The van der Waals surface area contributed by atoms with E-state index in [1.165, 1.54) is 26.3 Å². The minimum Gasteiger partial charge on any atom is -0.494 e. The number of pyridine rings is 2. The van der Waals surface area contributed by atoms with Crippen molar-refractivity contribution in [2.75, 3.05) is 20.7 Å². The molecule has 11 heteroatoms. The van der Waals surface area contributed by atoms with E-state index >= 15 is 4.39 Å². The van der Waals surface area contributed by atoms with Crippen LogP contribution in [-0.4, -0.2) is 43.4 Å². The summed E-state index contributed by atoms with van der Waals surface area (Å²) in [5, 5.41) is 3.73. The SMILES string of the molecule is C=O.CCCC(CNC(=O)c1cc(OC)c2nc(C)c(Cl)cc2c1)c1cc2c(c(-c3ccc(F)c(Cl)c3F)n1)CCC2C.CN. The number of ether oxygens (including phenoxy) is 1. The summed E-state index contributed by atoms with van der Waals surface area (Å²) in [6.45, 7) is 8.35. The van der Waals surface area contributed by atoms with Crippen LogP contribution in [0.1, 0.15) is 77.8 Å². The van der Waals surface area contributed by atoms with Crippen LogP contribution in [0.4, 0.5) is 8.78 Å². The standard InChI is InChI=1S/C32H31Cl2F2N3O2.CH5N.CH2O/c1-5-6-18(15-37-32(40)20-11-19-12-24(33)17(3)38-30(19)27(13-20)41-4)26-14-23-16(2)7-8-21(23)31(39-26)22-9-10-25(35)28(34)29(22)36;2*1-2/h9-14,16,18H,5-8,15H2,1-4H3,(H,37,40);2H2,1H3;1H2. The minimum atomic E-state index is -0.812. The number of nitrogens with zero attached hydrogens (tertiary/aromatic N) is 2. The monoisotopic (exact) mass is 658 g/mol. The molecule has 0 aliphatic heterocycles. The number of fused-ring (bicyclic) bond motifs is 2. The van der Waals surface area contributed by atoms with Crippen LogP contribution in [0.5, 0.6) is 5.75 Å². The molecule has 2 aromatic carbocycles. The number of carbonyl (C=O) groups excluding carboxylic acids is 2. The number of nitrogens with two attached hydrogens (primary N) is 1. The molecule has 240 valence electrons. The first-order valence-electron chi connectivity index (χ1n) is 14.6. The highest BCUT2D eigenvalue weighted by atomic mass is 35.5. The molecule has 0 fully saturated rings. The summed E-state index contributed by atoms with van der Waals surface area (Å²) in [5.74, 6) is -1.26. The molecule has 3 N–H and O–H groups in total. The Morgan fingerprint density at radius 1 is 1.16 bits per heavy atom. The third-order valence-corrected chi connectivity index (χ3v) is 8.61. The van der Waals surface area contributed by atoms with Crippen LogP contribution in [0.3, 0.4) is 0 Å². The van der Waals surface area contributed by atoms with Gasteiger partial charge in [-0.25, -0.2) is 13.8 Å². The molecule has 0 saturated heterocycles. The second-order valence-electron chi connectivity index (χ2n) is 10.6. The minimum absolute atomic E-state index is 0.124. The van der Waals surface area contributed by atoms with Gasteiger partial charge in [0, 0.05) is 34.7 Å². The molecule has 0 bridgehead atoms. The summed E-state index contributed by atoms with van der Waals surface area (Å²) in [6.07, 6.45) is 3.28. The van der Waals surface area contributed by atoms with Crippen molar-refractivity contribution in [1.29, 1.82) is 0 Å². The number of rotatable bonds is 8. The third kappa shape index (κ3) is 7.60. The first kappa shape index (κ1) is 35.8. The van der Waals surface area contributed by atoms with Gasteiger partial charge in [-0.05, 0) is 86.7 Å². The Hall–Kier alpha value is -3.66. The summed E-state index contributed by atoms with van der Waals surface area (Å²) in [5.41, 5.74) is 9.75. The van der Waals surface area contributed by atoms with Crippen molar-refractivity contribution in [3.63, 3.8) is 0 Å². The van der Waals surface area contributed by atoms with Crippen molar-refractivity contribution in [2.45, 2.75) is 58.3 Å². The zero-order chi connectivity index (χ0) is 33.4. The molecule has 0 radical (unpaired) electrons. The number of carbonyl (C=O) groups is 2. The summed E-state index contributed by atoms with van der Waals surface area (Å²) >= 11 is 12.2. The maximum absolute atomic E-state index is 15.2. The van der Waals surface area contributed by atoms with Crippen molar-refractivity contribution in [3.05, 3.63) is 86.2 Å². The number of hydrogen-bond acceptors (Lipinski definition) is 6. The molecular weight excluding hydrogens is 621 g/mol. The smallest absolute Gasteiger partial charge is 0.251 e. The second kappa shape index (κ2) is 16.1. The average molecular weight is 660 g/mol. The number of aromatic nitrogens is 2. The normalized spacial score (nSPS) is 14.0. The Kier molecular flexibility index (Phi) is 12.8. The van der Waals surface area contributed by atoms with Crippen molar-refractivity contribution in [3.8, 4) is 17.0 Å². The number of aryl methyl sites for hydroxylation is 1. The van der Waals surface area contributed by atoms with Gasteiger partial charge in [-0.2, -0.15) is 0 Å². The summed E-state index contributed by atoms with van der Waals surface area (Å²) < 4.78 is 34.6. The largest absolute Gasteiger partial charge is 0.494 e. The zero-order valence-electron chi connectivity index (χ0n) is 26.1. The number of halogens is 4. The lowest BCUT2D eigenvalue weighted by atomic mass is 9.92. The molecule has 7 nitrogen and oxygen atoms in total. The van der Waals surface area contributed by atoms with E-state index in [1.54, 1.807) is 18.2 Å². The summed E-state index contributed by atoms with van der Waals surface area (Å²) in [4.78, 5) is 30.8. The number of nitrogens with one attached hydrogen (secondary N) is 1. The predicted octanol–water partition coefficient (Wildman–Crippen LogP) is 7.95. The van der Waals surface area contributed by atoms with Gasteiger partial charge >= 0.3 is 0 Å². The van der Waals surface area contributed by atoms with E-state index in [0.29, 0.717) is 45.2 Å². The highest BCUT2D eigenvalue weighted by Gasteiger charge is 2.28. The fraction of sp³-hybridized carbons (Fsp3) is 0.353. The maximum atomic E-state index is 15.2. The van der Waals surface area contributed by atoms with Crippen LogP contribution in [0.25, 0.3) is 22.2 Å². The second-order valence-corrected chi connectivity index (χ2v) is 11.4. The lowest BCUT2D eigenvalue weighted by Gasteiger charge is -2.21. The molecule has 1 aliphatic rings. The van der Waals surface area contributed by atoms with Crippen LogP contribution in [0, 0.1) is 18.6 Å². The Morgan fingerprint density at radius 3 is 2.53 bits per heavy atom. The third-order valence-electron chi connectivity index (χ3n) is 7.89. The van der Waals surface area contributed by atoms with Crippen molar-refractivity contribution in [2.24, 2.45) is 5.73 Å². The number of amides is 1. The Morgan fingerprint density at radius 2 is 1.87 bits per heavy atom. The Labute approximate surface area is 272 Å². The van der Waals surface area contributed by atoms with Gasteiger partial charge in [-0.1, -0.05) is 43.5 Å². The summed E-state index contributed by atoms with van der Waals surface area (Å²) in [6, 6.07) is 9.84. The molecule has 0 spiro atoms. The van der Waals surface area contributed by atoms with E-state index in [2.05, 4.69) is 35.9 Å². The Bertz CT molecular complexity index is 1690. The number of benzene rings is 2. The molecule has 5 rings (SSSR count). The van der Waals surface area contributed by atoms with E-state index in [4.69, 9.17) is 37.7 Å². The molecule has 4 aromatic rings. The Balaban J connectivity index is 0.00000133. The van der Waals surface area contributed by atoms with E-state index in [1.807, 2.05) is 13.7 Å². The van der Waals surface area contributed by atoms with Gasteiger partial charge in [0.15, 0.2) is 5.82 Å². The average Bonchev–Trinajstić information content (AvgIpc) is 3.43. The first-order valence-corrected chi connectivity index (χ1v) is 15.4. The molecule has 2 heterocycles. The molecular formula is C34H38Cl2F2N4O3. The van der Waals surface area contributed by atoms with E-state index in [0.717, 1.165) is 42.5 Å². The van der Waals surface area contributed by atoms with Crippen molar-refractivity contribution in [1.82, 2.24) is 15.3 Å². The van der Waals surface area contributed by atoms with Gasteiger partial charge in [0.1, 0.15) is 28.9 Å². The van der Waals surface area contributed by atoms with Gasteiger partial charge in [-0.15, -0.1) is 0 Å². The van der Waals surface area contributed by atoms with E-state index in [9.17, 15) is 9.18 Å². The molecule has 2 unspecified atom stereocenters. The molecule has 1 aliphatic carbocycles. The lowest BCUT2D eigenvalue weighted by Crippen LogP contribution is -2.29. The van der Waals surface area contributed by atoms with Gasteiger partial charge < -0.3 is 20.6 Å². The van der Waals surface area contributed by atoms with Gasteiger partial charge in [0.2, 0.25) is 0 Å². The highest BCUT2D eigenvalue weighted by Crippen LogP contribution is 2.41. The highest BCUT2D eigenvalue weighted by molar-refractivity contribution is 6.32. The number of hydrogen-bond donors (Lipinski definition) is 2. The fourth-order valence-electron chi connectivity index (χ4n) is 5.60. The number of methoxy groups -OCH3 is 1. The van der Waals surface area contributed by atoms with Crippen molar-refractivity contribution >= 4 is 46.8 Å². The molecule has 0 saturated carbocycles. The van der Waals surface area contributed by atoms with Gasteiger partial charge in [0.05, 0.1) is 23.5 Å². The van der Waals surface area contributed by atoms with Gasteiger partial charge in [0.25, 0.3) is 5.91 Å². The fourth-order valence-corrected chi connectivity index (χ4v) is 5.92. The predicted molar refractivity (Wildman–Crippen MR) is 177 cm³/mol. The van der Waals surface area contributed by atoms with Gasteiger partial charge in [-0.3, -0.25) is 9.78 Å². The van der Waals surface area contributed by atoms with E-state index in [-0.39, 0.29) is 23.3 Å². The first-order chi connectivity index (χ1) is 21.6. The van der Waals surface area contributed by atoms with Crippen LogP contribution in [0.15, 0.2) is 36.4 Å². The summed E-state index contributed by atoms with van der Waals surface area (Å²) in [7, 11) is 3.04. The van der Waals surface area contributed by atoms with Crippen molar-refractivity contribution < 1.29 is 23.1 Å². The zero-order valence-corrected chi connectivity index (χ0v) is 27.6. The molecule has 2 atom stereocenters.